The fraction of sp³-hybridized carbons (Fsp3) is 0.444. The summed E-state index contributed by atoms with van der Waals surface area (Å²) in [6.45, 7) is 8.36. The lowest BCUT2D eigenvalue weighted by Crippen LogP contribution is -2.47. The fourth-order valence-electron chi connectivity index (χ4n) is 2.92. The van der Waals surface area contributed by atoms with Crippen LogP contribution in [0.4, 0.5) is 11.5 Å². The van der Waals surface area contributed by atoms with Gasteiger partial charge in [0.15, 0.2) is 5.82 Å². The third-order valence-corrected chi connectivity index (χ3v) is 4.61. The van der Waals surface area contributed by atoms with Gasteiger partial charge >= 0.3 is 0 Å². The number of nitrogens with two attached hydrogens (primary N) is 1. The molecule has 2 heterocycles. The second-order valence-corrected chi connectivity index (χ2v) is 6.32. The molecule has 3 rings (SSSR count). The summed E-state index contributed by atoms with van der Waals surface area (Å²) in [4.78, 5) is 12.9. The molecule has 3 N–H and O–H groups in total. The maximum Gasteiger partial charge on any atom is 0.248 e. The monoisotopic (exact) mass is 343 g/mol. The number of aliphatic hydroxyl groups excluding tert-OH is 1. The van der Waals surface area contributed by atoms with Gasteiger partial charge in [-0.3, -0.25) is 4.90 Å². The quantitative estimate of drug-likeness (QED) is 0.852. The van der Waals surface area contributed by atoms with E-state index in [4.69, 9.17) is 15.6 Å². The molecule has 0 radical (unpaired) electrons. The number of hydrogen-bond donors (Lipinski definition) is 2. The molecule has 0 saturated carbocycles. The van der Waals surface area contributed by atoms with E-state index >= 15 is 0 Å². The number of benzene rings is 1. The summed E-state index contributed by atoms with van der Waals surface area (Å²) in [5.41, 5.74) is 9.10. The summed E-state index contributed by atoms with van der Waals surface area (Å²) in [6, 6.07) is 5.91. The minimum atomic E-state index is 0.184. The van der Waals surface area contributed by atoms with E-state index in [0.29, 0.717) is 29.7 Å². The van der Waals surface area contributed by atoms with E-state index in [1.54, 1.807) is 0 Å². The zero-order valence-electron chi connectivity index (χ0n) is 14.8. The largest absolute Gasteiger partial charge is 0.437 e. The van der Waals surface area contributed by atoms with Crippen molar-refractivity contribution in [2.24, 2.45) is 0 Å². The van der Waals surface area contributed by atoms with Crippen LogP contribution in [-0.4, -0.2) is 59.3 Å². The van der Waals surface area contributed by atoms with Crippen molar-refractivity contribution in [3.05, 3.63) is 35.7 Å². The molecule has 0 atom stereocenters. The molecule has 0 amide bonds. The van der Waals surface area contributed by atoms with Gasteiger partial charge in [-0.25, -0.2) is 4.98 Å². The van der Waals surface area contributed by atoms with Gasteiger partial charge in [0, 0.05) is 32.7 Å². The van der Waals surface area contributed by atoms with Crippen LogP contribution in [0.3, 0.4) is 0 Å². The van der Waals surface area contributed by atoms with Crippen LogP contribution in [0.2, 0.25) is 0 Å². The van der Waals surface area contributed by atoms with Gasteiger partial charge in [0.05, 0.1) is 6.61 Å². The molecule has 0 unspecified atom stereocenters. The van der Waals surface area contributed by atoms with E-state index in [1.165, 1.54) is 11.9 Å². The first-order valence-electron chi connectivity index (χ1n) is 8.52. The first kappa shape index (κ1) is 17.4. The summed E-state index contributed by atoms with van der Waals surface area (Å²) in [6.07, 6.45) is 1.49. The predicted molar refractivity (Wildman–Crippen MR) is 98.2 cm³/mol. The third kappa shape index (κ3) is 4.00. The minimum Gasteiger partial charge on any atom is -0.437 e. The van der Waals surface area contributed by atoms with Gasteiger partial charge in [-0.1, -0.05) is 6.07 Å². The number of hydrogen-bond acceptors (Lipinski definition) is 7. The molecule has 1 aromatic heterocycles. The van der Waals surface area contributed by atoms with Crippen molar-refractivity contribution in [3.8, 4) is 11.6 Å². The summed E-state index contributed by atoms with van der Waals surface area (Å²) >= 11 is 0. The van der Waals surface area contributed by atoms with Gasteiger partial charge in [0.1, 0.15) is 17.8 Å². The van der Waals surface area contributed by atoms with E-state index in [1.807, 2.05) is 25.1 Å². The average Bonchev–Trinajstić information content (AvgIpc) is 2.61. The molecular weight excluding hydrogens is 318 g/mol. The van der Waals surface area contributed by atoms with Crippen LogP contribution in [0.25, 0.3) is 0 Å². The van der Waals surface area contributed by atoms with Crippen LogP contribution >= 0.6 is 0 Å². The van der Waals surface area contributed by atoms with Gasteiger partial charge < -0.3 is 20.5 Å². The predicted octanol–water partition coefficient (Wildman–Crippen LogP) is 1.58. The molecule has 134 valence electrons. The lowest BCUT2D eigenvalue weighted by Gasteiger charge is -2.35. The van der Waals surface area contributed by atoms with E-state index in [-0.39, 0.29) is 6.61 Å². The van der Waals surface area contributed by atoms with Crippen LogP contribution in [-0.2, 0) is 0 Å². The molecule has 0 bridgehead atoms. The summed E-state index contributed by atoms with van der Waals surface area (Å²) in [5, 5.41) is 9.05. The van der Waals surface area contributed by atoms with Crippen molar-refractivity contribution < 1.29 is 9.84 Å². The summed E-state index contributed by atoms with van der Waals surface area (Å²) in [7, 11) is 0. The lowest BCUT2D eigenvalue weighted by atomic mass is 10.1. The molecule has 1 aliphatic heterocycles. The molecule has 1 aromatic carbocycles. The minimum absolute atomic E-state index is 0.184. The molecule has 2 aromatic rings. The van der Waals surface area contributed by atoms with E-state index in [2.05, 4.69) is 26.7 Å². The highest BCUT2D eigenvalue weighted by Crippen LogP contribution is 2.32. The second kappa shape index (κ2) is 7.67. The normalized spacial score (nSPS) is 15.4. The molecule has 1 saturated heterocycles. The first-order chi connectivity index (χ1) is 12.1. The number of ether oxygens (including phenoxy) is 1. The van der Waals surface area contributed by atoms with Gasteiger partial charge in [0.2, 0.25) is 5.88 Å². The number of aliphatic hydroxyl groups is 1. The molecule has 7 nitrogen and oxygen atoms in total. The zero-order valence-corrected chi connectivity index (χ0v) is 14.8. The Hall–Kier alpha value is -2.38. The number of aryl methyl sites for hydroxylation is 2. The number of nitrogens with zero attached hydrogens (tertiary/aromatic N) is 4. The standard InChI is InChI=1S/C18H25N5O2/c1-13-3-4-15(11-14(13)2)25-18-16(19)17(20-12-21-18)23-7-5-22(6-8-23)9-10-24/h3-4,11-12,24H,5-10,19H2,1-2H3. The van der Waals surface area contributed by atoms with Gasteiger partial charge in [-0.05, 0) is 37.1 Å². The third-order valence-electron chi connectivity index (χ3n) is 4.61. The number of anilines is 2. The highest BCUT2D eigenvalue weighted by molar-refractivity contribution is 5.68. The SMILES string of the molecule is Cc1ccc(Oc2ncnc(N3CCN(CCO)CC3)c2N)cc1C. The van der Waals surface area contributed by atoms with Crippen molar-refractivity contribution in [1.82, 2.24) is 14.9 Å². The Morgan fingerprint density at radius 2 is 1.88 bits per heavy atom. The van der Waals surface area contributed by atoms with Crippen molar-refractivity contribution in [2.45, 2.75) is 13.8 Å². The molecule has 0 spiro atoms. The number of rotatable bonds is 5. The van der Waals surface area contributed by atoms with Crippen LogP contribution in [0.1, 0.15) is 11.1 Å². The Morgan fingerprint density at radius 1 is 1.12 bits per heavy atom. The fourth-order valence-corrected chi connectivity index (χ4v) is 2.92. The van der Waals surface area contributed by atoms with Gasteiger partial charge in [0.25, 0.3) is 0 Å². The van der Waals surface area contributed by atoms with E-state index < -0.39 is 0 Å². The molecule has 7 heteroatoms. The van der Waals surface area contributed by atoms with Crippen LogP contribution in [0.15, 0.2) is 24.5 Å². The van der Waals surface area contributed by atoms with Crippen molar-refractivity contribution in [1.29, 1.82) is 0 Å². The van der Waals surface area contributed by atoms with Crippen LogP contribution in [0.5, 0.6) is 11.6 Å². The Balaban J connectivity index is 1.75. The van der Waals surface area contributed by atoms with E-state index in [9.17, 15) is 0 Å². The number of nitrogen functional groups attached to an aromatic ring is 1. The molecule has 25 heavy (non-hydrogen) atoms. The Bertz CT molecular complexity index is 729. The topological polar surface area (TPSA) is 87.7 Å². The van der Waals surface area contributed by atoms with Crippen molar-refractivity contribution in [3.63, 3.8) is 0 Å². The van der Waals surface area contributed by atoms with E-state index in [0.717, 1.165) is 31.7 Å². The molecular formula is C18H25N5O2. The zero-order chi connectivity index (χ0) is 17.8. The van der Waals surface area contributed by atoms with Crippen molar-refractivity contribution in [2.75, 3.05) is 50.0 Å². The summed E-state index contributed by atoms with van der Waals surface area (Å²) in [5.74, 6) is 1.80. The highest BCUT2D eigenvalue weighted by Gasteiger charge is 2.21. The molecule has 1 aliphatic rings. The Morgan fingerprint density at radius 3 is 2.56 bits per heavy atom. The smallest absolute Gasteiger partial charge is 0.248 e. The number of piperazine rings is 1. The average molecular weight is 343 g/mol. The Labute approximate surface area is 148 Å². The van der Waals surface area contributed by atoms with Gasteiger partial charge in [-0.15, -0.1) is 0 Å². The van der Waals surface area contributed by atoms with Gasteiger partial charge in [-0.2, -0.15) is 4.98 Å². The van der Waals surface area contributed by atoms with Crippen LogP contribution < -0.4 is 15.4 Å². The molecule has 1 fully saturated rings. The lowest BCUT2D eigenvalue weighted by molar-refractivity contribution is 0.188. The molecule has 0 aliphatic carbocycles. The summed E-state index contributed by atoms with van der Waals surface area (Å²) < 4.78 is 5.89. The van der Waals surface area contributed by atoms with Crippen LogP contribution in [0, 0.1) is 13.8 Å². The maximum atomic E-state index is 9.05. The Kier molecular flexibility index (Phi) is 5.35. The first-order valence-corrected chi connectivity index (χ1v) is 8.52. The van der Waals surface area contributed by atoms with Crippen molar-refractivity contribution >= 4 is 11.5 Å². The highest BCUT2D eigenvalue weighted by atomic mass is 16.5. The maximum absolute atomic E-state index is 9.05. The second-order valence-electron chi connectivity index (χ2n) is 6.32. The number of β-amino-alcohol motifs (C(OH)–C–C–N with tert-alkyl or cyclic N) is 1. The number of aromatic nitrogens is 2.